The lowest BCUT2D eigenvalue weighted by molar-refractivity contribution is 0.176. The number of likely N-dealkylation sites (tertiary alicyclic amines) is 1. The number of anilines is 1. The van der Waals surface area contributed by atoms with E-state index in [4.69, 9.17) is 0 Å². The molecule has 1 fully saturated rings. The van der Waals surface area contributed by atoms with Crippen LogP contribution in [0.15, 0.2) is 0 Å². The fourth-order valence-electron chi connectivity index (χ4n) is 2.18. The quantitative estimate of drug-likeness (QED) is 0.886. The molecule has 1 saturated heterocycles. The second-order valence-corrected chi connectivity index (χ2v) is 6.48. The van der Waals surface area contributed by atoms with Crippen LogP contribution in [0.4, 0.5) is 9.93 Å². The van der Waals surface area contributed by atoms with Gasteiger partial charge in [-0.2, -0.15) is 0 Å². The van der Waals surface area contributed by atoms with E-state index in [9.17, 15) is 9.90 Å². The van der Waals surface area contributed by atoms with Gasteiger partial charge in [0.15, 0.2) is 0 Å². The molecule has 1 aromatic heterocycles. The number of amides is 2. The molecule has 106 valence electrons. The zero-order valence-corrected chi connectivity index (χ0v) is 12.3. The minimum Gasteiger partial charge on any atom is -0.391 e. The number of nitrogens with zero attached hydrogens (tertiary/aromatic N) is 3. The van der Waals surface area contributed by atoms with Gasteiger partial charge in [-0.05, 0) is 19.3 Å². The second kappa shape index (κ2) is 5.83. The monoisotopic (exact) mass is 284 g/mol. The van der Waals surface area contributed by atoms with Gasteiger partial charge in [-0.25, -0.2) is 4.79 Å². The number of rotatable bonds is 3. The van der Waals surface area contributed by atoms with Gasteiger partial charge in [0.1, 0.15) is 5.01 Å². The molecule has 0 radical (unpaired) electrons. The third-order valence-electron chi connectivity index (χ3n) is 3.08. The summed E-state index contributed by atoms with van der Waals surface area (Å²) < 4.78 is 0. The van der Waals surface area contributed by atoms with Gasteiger partial charge in [-0.15, -0.1) is 10.2 Å². The fourth-order valence-corrected chi connectivity index (χ4v) is 3.13. The molecule has 1 aliphatic heterocycles. The lowest BCUT2D eigenvalue weighted by Crippen LogP contribution is -2.37. The maximum atomic E-state index is 12.0. The molecule has 0 spiro atoms. The Morgan fingerprint density at radius 3 is 2.89 bits per heavy atom. The summed E-state index contributed by atoms with van der Waals surface area (Å²) in [5.74, 6) is 0.519. The zero-order chi connectivity index (χ0) is 14.0. The van der Waals surface area contributed by atoms with E-state index in [1.54, 1.807) is 4.90 Å². The minimum atomic E-state index is -0.424. The first-order chi connectivity index (χ1) is 8.95. The number of aliphatic hydroxyl groups excluding tert-OH is 1. The van der Waals surface area contributed by atoms with Gasteiger partial charge in [-0.3, -0.25) is 5.32 Å². The number of urea groups is 1. The molecule has 2 amide bonds. The van der Waals surface area contributed by atoms with E-state index in [0.717, 1.165) is 11.4 Å². The molecular weight excluding hydrogens is 264 g/mol. The van der Waals surface area contributed by atoms with Crippen molar-refractivity contribution in [3.63, 3.8) is 0 Å². The average Bonchev–Trinajstić information content (AvgIpc) is 2.84. The van der Waals surface area contributed by atoms with Gasteiger partial charge in [0.05, 0.1) is 6.10 Å². The Balaban J connectivity index is 1.93. The summed E-state index contributed by atoms with van der Waals surface area (Å²) in [6.07, 6.45) is 1.07. The molecule has 2 heterocycles. The lowest BCUT2D eigenvalue weighted by Gasteiger charge is -2.20. The molecular formula is C12H20N4O2S. The summed E-state index contributed by atoms with van der Waals surface area (Å²) in [7, 11) is 0. The van der Waals surface area contributed by atoms with Crippen molar-refractivity contribution in [2.45, 2.75) is 45.8 Å². The summed E-state index contributed by atoms with van der Waals surface area (Å²) in [6, 6.07) is -0.158. The molecule has 0 saturated carbocycles. The van der Waals surface area contributed by atoms with Crippen LogP contribution in [0.5, 0.6) is 0 Å². The van der Waals surface area contributed by atoms with E-state index < -0.39 is 6.10 Å². The highest BCUT2D eigenvalue weighted by molar-refractivity contribution is 7.15. The first-order valence-electron chi connectivity index (χ1n) is 6.53. The molecule has 7 heteroatoms. The predicted octanol–water partition coefficient (Wildman–Crippen LogP) is 1.72. The standard InChI is InChI=1S/C12H20N4O2S/c1-7(2)4-10-14-15-11(19-10)13-12(18)16-6-9(17)5-8(16)3/h7-9,17H,4-6H2,1-3H3,(H,13,15,18). The van der Waals surface area contributed by atoms with Crippen LogP contribution >= 0.6 is 11.3 Å². The highest BCUT2D eigenvalue weighted by atomic mass is 32.1. The minimum absolute atomic E-state index is 0.0538. The number of hydrogen-bond donors (Lipinski definition) is 2. The van der Waals surface area contributed by atoms with Crippen molar-refractivity contribution in [3.8, 4) is 0 Å². The molecule has 0 aromatic carbocycles. The normalized spacial score (nSPS) is 23.1. The number of β-amino-alcohol motifs (C(OH)–C–C–N with tert-alkyl or cyclic N) is 1. The van der Waals surface area contributed by atoms with Crippen molar-refractivity contribution < 1.29 is 9.90 Å². The second-order valence-electron chi connectivity index (χ2n) is 5.42. The maximum Gasteiger partial charge on any atom is 0.324 e. The molecule has 1 aromatic rings. The Morgan fingerprint density at radius 1 is 1.58 bits per heavy atom. The van der Waals surface area contributed by atoms with E-state index >= 15 is 0 Å². The third kappa shape index (κ3) is 3.63. The van der Waals surface area contributed by atoms with Crippen LogP contribution in [0.25, 0.3) is 0 Å². The highest BCUT2D eigenvalue weighted by Crippen LogP contribution is 2.21. The lowest BCUT2D eigenvalue weighted by atomic mass is 10.1. The Morgan fingerprint density at radius 2 is 2.32 bits per heavy atom. The molecule has 2 N–H and O–H groups in total. The molecule has 0 bridgehead atoms. The van der Waals surface area contributed by atoms with Crippen LogP contribution in [0.1, 0.15) is 32.2 Å². The summed E-state index contributed by atoms with van der Waals surface area (Å²) in [5.41, 5.74) is 0. The Labute approximate surface area is 116 Å². The van der Waals surface area contributed by atoms with E-state index in [2.05, 4.69) is 29.4 Å². The smallest absolute Gasteiger partial charge is 0.324 e. The number of aliphatic hydroxyl groups is 1. The summed E-state index contributed by atoms with van der Waals surface area (Å²) in [6.45, 7) is 6.55. The number of carbonyl (C=O) groups excluding carboxylic acids is 1. The van der Waals surface area contributed by atoms with Crippen molar-refractivity contribution in [2.75, 3.05) is 11.9 Å². The number of aromatic nitrogens is 2. The zero-order valence-electron chi connectivity index (χ0n) is 11.5. The topological polar surface area (TPSA) is 78.4 Å². The molecule has 1 aliphatic rings. The van der Waals surface area contributed by atoms with Crippen molar-refractivity contribution >= 4 is 22.5 Å². The summed E-state index contributed by atoms with van der Waals surface area (Å²) in [5, 5.41) is 21.8. The highest BCUT2D eigenvalue weighted by Gasteiger charge is 2.31. The van der Waals surface area contributed by atoms with Gasteiger partial charge < -0.3 is 10.0 Å². The number of nitrogens with one attached hydrogen (secondary N) is 1. The van der Waals surface area contributed by atoms with Gasteiger partial charge in [-0.1, -0.05) is 25.2 Å². The third-order valence-corrected chi connectivity index (χ3v) is 3.94. The summed E-state index contributed by atoms with van der Waals surface area (Å²) >= 11 is 1.41. The van der Waals surface area contributed by atoms with Gasteiger partial charge in [0, 0.05) is 19.0 Å². The van der Waals surface area contributed by atoms with Crippen LogP contribution in [-0.4, -0.2) is 44.9 Å². The van der Waals surface area contributed by atoms with Crippen molar-refractivity contribution in [3.05, 3.63) is 5.01 Å². The predicted molar refractivity (Wildman–Crippen MR) is 74.3 cm³/mol. The van der Waals surface area contributed by atoms with Crippen LogP contribution in [-0.2, 0) is 6.42 Å². The average molecular weight is 284 g/mol. The number of carbonyl (C=O) groups is 1. The molecule has 2 unspecified atom stereocenters. The van der Waals surface area contributed by atoms with Crippen LogP contribution in [0, 0.1) is 5.92 Å². The van der Waals surface area contributed by atoms with Gasteiger partial charge in [0.2, 0.25) is 5.13 Å². The van der Waals surface area contributed by atoms with Crippen LogP contribution < -0.4 is 5.32 Å². The van der Waals surface area contributed by atoms with Crippen LogP contribution in [0.3, 0.4) is 0 Å². The molecule has 0 aliphatic carbocycles. The number of hydrogen-bond acceptors (Lipinski definition) is 5. The molecule has 6 nitrogen and oxygen atoms in total. The van der Waals surface area contributed by atoms with E-state index in [0.29, 0.717) is 24.0 Å². The Bertz CT molecular complexity index is 449. The molecule has 2 rings (SSSR count). The van der Waals surface area contributed by atoms with Crippen LogP contribution in [0.2, 0.25) is 0 Å². The first-order valence-corrected chi connectivity index (χ1v) is 7.35. The Kier molecular flexibility index (Phi) is 4.36. The summed E-state index contributed by atoms with van der Waals surface area (Å²) in [4.78, 5) is 13.7. The van der Waals surface area contributed by atoms with Gasteiger partial charge in [0.25, 0.3) is 0 Å². The fraction of sp³-hybridized carbons (Fsp3) is 0.750. The van der Waals surface area contributed by atoms with Crippen molar-refractivity contribution in [2.24, 2.45) is 5.92 Å². The van der Waals surface area contributed by atoms with E-state index in [-0.39, 0.29) is 12.1 Å². The Hall–Kier alpha value is -1.21. The molecule has 2 atom stereocenters. The maximum absolute atomic E-state index is 12.0. The van der Waals surface area contributed by atoms with E-state index in [1.165, 1.54) is 11.3 Å². The van der Waals surface area contributed by atoms with E-state index in [1.807, 2.05) is 6.92 Å². The molecule has 19 heavy (non-hydrogen) atoms. The van der Waals surface area contributed by atoms with Gasteiger partial charge >= 0.3 is 6.03 Å². The first kappa shape index (κ1) is 14.2. The SMILES string of the molecule is CC(C)Cc1nnc(NC(=O)N2CC(O)CC2C)s1. The van der Waals surface area contributed by atoms with Crippen molar-refractivity contribution in [1.82, 2.24) is 15.1 Å². The van der Waals surface area contributed by atoms with Crippen molar-refractivity contribution in [1.29, 1.82) is 0 Å². The largest absolute Gasteiger partial charge is 0.391 e.